The number of piperidine rings is 1. The lowest BCUT2D eigenvalue weighted by atomic mass is 9.93. The maximum absolute atomic E-state index is 13.0. The number of carbonyl (C=O) groups is 4. The van der Waals surface area contributed by atoms with Crippen LogP contribution in [0, 0.1) is 5.92 Å². The first kappa shape index (κ1) is 24.4. The Morgan fingerprint density at radius 2 is 1.74 bits per heavy atom. The van der Waals surface area contributed by atoms with Crippen molar-refractivity contribution in [3.63, 3.8) is 0 Å². The largest absolute Gasteiger partial charge is 0.344 e. The third kappa shape index (κ3) is 6.05. The number of benzene rings is 2. The van der Waals surface area contributed by atoms with Gasteiger partial charge < -0.3 is 10.6 Å². The number of likely N-dealkylation sites (tertiary alicyclic amines) is 1. The summed E-state index contributed by atoms with van der Waals surface area (Å²) in [6, 6.07) is 18.3. The fraction of sp³-hybridized carbons (Fsp3) is 0.385. The molecule has 0 unspecified atom stereocenters. The number of aryl methyl sites for hydroxylation is 1. The van der Waals surface area contributed by atoms with Gasteiger partial charge in [-0.1, -0.05) is 48.5 Å². The second-order valence-corrected chi connectivity index (χ2v) is 9.35. The molecule has 0 spiro atoms. The number of hydrogen-bond donors (Lipinski definition) is 3. The molecule has 2 aromatic rings. The first-order valence-corrected chi connectivity index (χ1v) is 11.9. The van der Waals surface area contributed by atoms with Gasteiger partial charge in [-0.05, 0) is 56.8 Å². The average molecular weight is 478 g/mol. The Balaban J connectivity index is 1.28. The fourth-order valence-corrected chi connectivity index (χ4v) is 4.54. The van der Waals surface area contributed by atoms with E-state index in [0.717, 1.165) is 29.1 Å². The zero-order valence-corrected chi connectivity index (χ0v) is 19.8. The van der Waals surface area contributed by atoms with Crippen molar-refractivity contribution < 1.29 is 19.2 Å². The number of rotatable bonds is 8. The molecule has 35 heavy (non-hydrogen) atoms. The predicted molar refractivity (Wildman–Crippen MR) is 131 cm³/mol. The number of anilines is 1. The first-order chi connectivity index (χ1) is 16.8. The van der Waals surface area contributed by atoms with Crippen LogP contribution >= 0.6 is 0 Å². The van der Waals surface area contributed by atoms with E-state index in [0.29, 0.717) is 25.9 Å². The molecule has 0 saturated carbocycles. The van der Waals surface area contributed by atoms with Crippen molar-refractivity contribution in [3.8, 4) is 0 Å². The van der Waals surface area contributed by atoms with Gasteiger partial charge in [0.25, 0.3) is 11.8 Å². The van der Waals surface area contributed by atoms with Crippen molar-refractivity contribution in [2.75, 3.05) is 25.0 Å². The molecule has 2 heterocycles. The molecule has 0 bridgehead atoms. The third-order valence-corrected chi connectivity index (χ3v) is 6.54. The Bertz CT molecular complexity index is 1080. The Labute approximate surface area is 204 Å². The molecule has 2 fully saturated rings. The lowest BCUT2D eigenvalue weighted by Crippen LogP contribution is -2.52. The molecule has 9 heteroatoms. The molecule has 2 saturated heterocycles. The lowest BCUT2D eigenvalue weighted by Gasteiger charge is -2.31. The number of para-hydroxylation sites is 1. The monoisotopic (exact) mass is 477 g/mol. The molecule has 2 aliphatic heterocycles. The van der Waals surface area contributed by atoms with Crippen molar-refractivity contribution >= 4 is 29.4 Å². The molecule has 2 aliphatic rings. The predicted octanol–water partition coefficient (Wildman–Crippen LogP) is 2.31. The maximum Gasteiger partial charge on any atom is 0.344 e. The summed E-state index contributed by atoms with van der Waals surface area (Å²) in [5, 5.41) is 6.40. The smallest absolute Gasteiger partial charge is 0.326 e. The van der Waals surface area contributed by atoms with Crippen molar-refractivity contribution in [3.05, 3.63) is 66.2 Å². The Hall–Kier alpha value is -3.72. The van der Waals surface area contributed by atoms with Gasteiger partial charge in [0, 0.05) is 12.2 Å². The van der Waals surface area contributed by atoms with Crippen LogP contribution in [0.2, 0.25) is 0 Å². The number of nitrogens with zero attached hydrogens (tertiary/aromatic N) is 2. The topological polar surface area (TPSA) is 111 Å². The maximum atomic E-state index is 13.0. The van der Waals surface area contributed by atoms with E-state index in [2.05, 4.69) is 16.1 Å². The molecule has 0 aromatic heterocycles. The SMILES string of the molecule is C[C@@]1(CCc2ccccc2)NC(=O)N(NC(=O)CN2CCC[C@H](C(=O)Nc3ccccc3)C2)C1=O. The Morgan fingerprint density at radius 3 is 2.46 bits per heavy atom. The minimum atomic E-state index is -1.09. The molecular formula is C26H31N5O4. The van der Waals surface area contributed by atoms with E-state index < -0.39 is 23.4 Å². The van der Waals surface area contributed by atoms with E-state index >= 15 is 0 Å². The van der Waals surface area contributed by atoms with E-state index in [1.165, 1.54) is 0 Å². The van der Waals surface area contributed by atoms with Crippen molar-refractivity contribution in [2.24, 2.45) is 5.92 Å². The number of carbonyl (C=O) groups excluding carboxylic acids is 4. The number of urea groups is 1. The normalized spacial score (nSPS) is 22.5. The van der Waals surface area contributed by atoms with Gasteiger partial charge >= 0.3 is 6.03 Å². The van der Waals surface area contributed by atoms with Crippen LogP contribution in [0.5, 0.6) is 0 Å². The molecule has 5 amide bonds. The fourth-order valence-electron chi connectivity index (χ4n) is 4.54. The number of hydrazine groups is 1. The summed E-state index contributed by atoms with van der Waals surface area (Å²) < 4.78 is 0. The molecule has 2 atom stereocenters. The molecule has 4 rings (SSSR count). The van der Waals surface area contributed by atoms with Crippen molar-refractivity contribution in [2.45, 2.75) is 38.1 Å². The van der Waals surface area contributed by atoms with Gasteiger partial charge in [0.2, 0.25) is 5.91 Å². The van der Waals surface area contributed by atoms with Gasteiger partial charge in [-0.2, -0.15) is 5.01 Å². The van der Waals surface area contributed by atoms with Crippen LogP contribution in [-0.2, 0) is 20.8 Å². The van der Waals surface area contributed by atoms with Gasteiger partial charge in [0.05, 0.1) is 12.5 Å². The quantitative estimate of drug-likeness (QED) is 0.506. The number of amides is 5. The van der Waals surface area contributed by atoms with Crippen LogP contribution in [0.15, 0.2) is 60.7 Å². The highest BCUT2D eigenvalue weighted by Crippen LogP contribution is 2.23. The van der Waals surface area contributed by atoms with Crippen LogP contribution in [0.4, 0.5) is 10.5 Å². The van der Waals surface area contributed by atoms with Gasteiger partial charge in [0.1, 0.15) is 5.54 Å². The second kappa shape index (κ2) is 10.7. The van der Waals surface area contributed by atoms with E-state index in [4.69, 9.17) is 0 Å². The summed E-state index contributed by atoms with van der Waals surface area (Å²) in [7, 11) is 0. The summed E-state index contributed by atoms with van der Waals surface area (Å²) in [4.78, 5) is 52.7. The highest BCUT2D eigenvalue weighted by Gasteiger charge is 2.48. The van der Waals surface area contributed by atoms with Crippen molar-refractivity contribution in [1.82, 2.24) is 20.7 Å². The van der Waals surface area contributed by atoms with Gasteiger partial charge in [-0.25, -0.2) is 4.79 Å². The average Bonchev–Trinajstić information content (AvgIpc) is 3.07. The van der Waals surface area contributed by atoms with Crippen LogP contribution in [0.1, 0.15) is 31.7 Å². The van der Waals surface area contributed by atoms with E-state index in [-0.39, 0.29) is 18.4 Å². The first-order valence-electron chi connectivity index (χ1n) is 11.9. The lowest BCUT2D eigenvalue weighted by molar-refractivity contribution is -0.139. The molecule has 184 valence electrons. The van der Waals surface area contributed by atoms with Crippen LogP contribution < -0.4 is 16.1 Å². The van der Waals surface area contributed by atoms with Gasteiger partial charge in [-0.15, -0.1) is 0 Å². The molecule has 0 aliphatic carbocycles. The molecule has 3 N–H and O–H groups in total. The standard InChI is InChI=1S/C26H31N5O4/c1-26(15-14-19-9-4-2-5-10-19)24(34)31(25(35)28-26)29-22(32)18-30-16-8-11-20(17-30)23(33)27-21-12-6-3-7-13-21/h2-7,9-10,12-13,20H,8,11,14-18H2,1H3,(H,27,33)(H,28,35)(H,29,32)/t20-,26-/m0/s1. The highest BCUT2D eigenvalue weighted by molar-refractivity contribution is 6.07. The summed E-state index contributed by atoms with van der Waals surface area (Å²) in [5.74, 6) is -1.27. The summed E-state index contributed by atoms with van der Waals surface area (Å²) >= 11 is 0. The highest BCUT2D eigenvalue weighted by atomic mass is 16.2. The van der Waals surface area contributed by atoms with Gasteiger partial charge in [-0.3, -0.25) is 24.7 Å². The molecule has 0 radical (unpaired) electrons. The molecule has 9 nitrogen and oxygen atoms in total. The minimum absolute atomic E-state index is 0.00704. The van der Waals surface area contributed by atoms with Crippen LogP contribution in [0.25, 0.3) is 0 Å². The zero-order chi connectivity index (χ0) is 24.8. The third-order valence-electron chi connectivity index (χ3n) is 6.54. The summed E-state index contributed by atoms with van der Waals surface area (Å²) in [5.41, 5.74) is 3.16. The molecule has 2 aromatic carbocycles. The van der Waals surface area contributed by atoms with E-state index in [9.17, 15) is 19.2 Å². The van der Waals surface area contributed by atoms with Crippen molar-refractivity contribution in [1.29, 1.82) is 0 Å². The summed E-state index contributed by atoms with van der Waals surface area (Å²) in [6.45, 7) is 2.76. The van der Waals surface area contributed by atoms with Gasteiger partial charge in [0.15, 0.2) is 0 Å². The zero-order valence-electron chi connectivity index (χ0n) is 19.8. The minimum Gasteiger partial charge on any atom is -0.326 e. The van der Waals surface area contributed by atoms with Crippen LogP contribution in [0.3, 0.4) is 0 Å². The number of hydrogen-bond acceptors (Lipinski definition) is 5. The summed E-state index contributed by atoms with van der Waals surface area (Å²) in [6.07, 6.45) is 2.55. The number of nitrogens with one attached hydrogen (secondary N) is 3. The second-order valence-electron chi connectivity index (χ2n) is 9.35. The van der Waals surface area contributed by atoms with E-state index in [1.807, 2.05) is 65.6 Å². The number of imide groups is 1. The molecular weight excluding hydrogens is 446 g/mol. The Morgan fingerprint density at radius 1 is 1.06 bits per heavy atom. The van der Waals surface area contributed by atoms with Crippen LogP contribution in [-0.4, -0.2) is 58.8 Å². The Kier molecular flexibility index (Phi) is 7.45. The van der Waals surface area contributed by atoms with E-state index in [1.54, 1.807) is 6.92 Å².